The van der Waals surface area contributed by atoms with Gasteiger partial charge in [0.15, 0.2) is 0 Å². The van der Waals surface area contributed by atoms with Crippen molar-refractivity contribution in [1.82, 2.24) is 10.2 Å². The van der Waals surface area contributed by atoms with Crippen LogP contribution in [-0.2, 0) is 4.74 Å². The van der Waals surface area contributed by atoms with Gasteiger partial charge in [-0.3, -0.25) is 0 Å². The molecule has 2 unspecified atom stereocenters. The zero-order chi connectivity index (χ0) is 14.6. The van der Waals surface area contributed by atoms with Crippen molar-refractivity contribution in [1.29, 1.82) is 0 Å². The second-order valence-electron chi connectivity index (χ2n) is 6.38. The maximum absolute atomic E-state index is 11.6. The average molecular weight is 284 g/mol. The summed E-state index contributed by atoms with van der Waals surface area (Å²) in [5.41, 5.74) is 0.0261. The Labute approximate surface area is 121 Å². The van der Waals surface area contributed by atoms with E-state index in [0.29, 0.717) is 18.7 Å². The fourth-order valence-corrected chi connectivity index (χ4v) is 3.43. The number of piperidine rings is 1. The van der Waals surface area contributed by atoms with Crippen molar-refractivity contribution < 1.29 is 14.6 Å². The maximum Gasteiger partial charge on any atom is 0.409 e. The molecule has 2 N–H and O–H groups in total. The van der Waals surface area contributed by atoms with Gasteiger partial charge in [0.1, 0.15) is 0 Å². The first-order valence-corrected chi connectivity index (χ1v) is 7.87. The molecule has 0 spiro atoms. The Hall–Kier alpha value is -0.810. The first kappa shape index (κ1) is 15.6. The monoisotopic (exact) mass is 284 g/mol. The molecule has 1 aliphatic carbocycles. The van der Waals surface area contributed by atoms with Crippen LogP contribution in [0.1, 0.15) is 46.0 Å². The first-order chi connectivity index (χ1) is 9.59. The summed E-state index contributed by atoms with van der Waals surface area (Å²) in [6.45, 7) is 6.23. The molecule has 1 saturated heterocycles. The lowest BCUT2D eigenvalue weighted by Crippen LogP contribution is -2.51. The Morgan fingerprint density at radius 2 is 2.10 bits per heavy atom. The Kier molecular flexibility index (Phi) is 5.27. The Morgan fingerprint density at radius 1 is 1.40 bits per heavy atom. The van der Waals surface area contributed by atoms with Crippen LogP contribution in [0.25, 0.3) is 0 Å². The van der Waals surface area contributed by atoms with Crippen LogP contribution in [0.5, 0.6) is 0 Å². The molecule has 5 nitrogen and oxygen atoms in total. The van der Waals surface area contributed by atoms with E-state index in [1.54, 1.807) is 4.90 Å². The number of ether oxygens (including phenoxy) is 1. The largest absolute Gasteiger partial charge is 0.450 e. The van der Waals surface area contributed by atoms with Crippen molar-refractivity contribution in [2.24, 2.45) is 5.41 Å². The van der Waals surface area contributed by atoms with E-state index in [2.05, 4.69) is 12.2 Å². The summed E-state index contributed by atoms with van der Waals surface area (Å²) in [4.78, 5) is 13.4. The molecule has 2 aliphatic rings. The lowest BCUT2D eigenvalue weighted by atomic mass is 9.85. The molecule has 5 heteroatoms. The van der Waals surface area contributed by atoms with Crippen molar-refractivity contribution in [3.05, 3.63) is 0 Å². The van der Waals surface area contributed by atoms with E-state index in [0.717, 1.165) is 38.8 Å². The molecule has 0 aromatic rings. The minimum atomic E-state index is -0.188. The second-order valence-corrected chi connectivity index (χ2v) is 6.38. The molecular formula is C15H28N2O3. The quantitative estimate of drug-likeness (QED) is 0.825. The molecule has 116 valence electrons. The van der Waals surface area contributed by atoms with Crippen LogP contribution in [0, 0.1) is 5.41 Å². The van der Waals surface area contributed by atoms with Gasteiger partial charge in [-0.05, 0) is 32.6 Å². The summed E-state index contributed by atoms with van der Waals surface area (Å²) in [6.07, 6.45) is 5.19. The van der Waals surface area contributed by atoms with Crippen LogP contribution in [0.2, 0.25) is 0 Å². The van der Waals surface area contributed by atoms with Gasteiger partial charge in [0, 0.05) is 37.2 Å². The summed E-state index contributed by atoms with van der Waals surface area (Å²) in [7, 11) is 0. The molecule has 1 heterocycles. The number of hydrogen-bond acceptors (Lipinski definition) is 4. The highest BCUT2D eigenvalue weighted by Gasteiger charge is 2.39. The standard InChI is InChI=1S/C15H28N2O3/c1-3-20-14(19)17-9-6-12(7-10-17)16-13-5-4-8-15(13,2)11-18/h12-13,16,18H,3-11H2,1-2H3. The smallest absolute Gasteiger partial charge is 0.409 e. The van der Waals surface area contributed by atoms with Crippen molar-refractivity contribution in [2.75, 3.05) is 26.3 Å². The highest BCUT2D eigenvalue weighted by Crippen LogP contribution is 2.38. The summed E-state index contributed by atoms with van der Waals surface area (Å²) in [6, 6.07) is 0.862. The minimum absolute atomic E-state index is 0.0261. The number of carbonyl (C=O) groups is 1. The lowest BCUT2D eigenvalue weighted by Gasteiger charge is -2.37. The zero-order valence-electron chi connectivity index (χ0n) is 12.7. The summed E-state index contributed by atoms with van der Waals surface area (Å²) < 4.78 is 5.03. The third-order valence-corrected chi connectivity index (χ3v) is 4.90. The highest BCUT2D eigenvalue weighted by molar-refractivity contribution is 5.67. The number of hydrogen-bond donors (Lipinski definition) is 2. The van der Waals surface area contributed by atoms with E-state index in [1.807, 2.05) is 6.92 Å². The molecule has 2 rings (SSSR count). The predicted molar refractivity (Wildman–Crippen MR) is 77.6 cm³/mol. The van der Waals surface area contributed by atoms with Crippen LogP contribution < -0.4 is 5.32 Å². The number of aliphatic hydroxyl groups is 1. The lowest BCUT2D eigenvalue weighted by molar-refractivity contribution is 0.0848. The second kappa shape index (κ2) is 6.76. The van der Waals surface area contributed by atoms with Crippen molar-refractivity contribution in [2.45, 2.75) is 58.0 Å². The van der Waals surface area contributed by atoms with Crippen molar-refractivity contribution in [3.63, 3.8) is 0 Å². The van der Waals surface area contributed by atoms with E-state index >= 15 is 0 Å². The fraction of sp³-hybridized carbons (Fsp3) is 0.933. The van der Waals surface area contributed by atoms with Gasteiger partial charge < -0.3 is 20.1 Å². The van der Waals surface area contributed by atoms with Crippen molar-refractivity contribution in [3.8, 4) is 0 Å². The van der Waals surface area contributed by atoms with Gasteiger partial charge in [0.25, 0.3) is 0 Å². The van der Waals surface area contributed by atoms with E-state index in [9.17, 15) is 9.90 Å². The van der Waals surface area contributed by atoms with Gasteiger partial charge in [-0.2, -0.15) is 0 Å². The molecule has 0 bridgehead atoms. The normalized spacial score (nSPS) is 31.6. The number of nitrogens with one attached hydrogen (secondary N) is 1. The van der Waals surface area contributed by atoms with E-state index in [4.69, 9.17) is 4.74 Å². The van der Waals surface area contributed by atoms with Gasteiger partial charge in [0.2, 0.25) is 0 Å². The van der Waals surface area contributed by atoms with E-state index in [-0.39, 0.29) is 18.1 Å². The first-order valence-electron chi connectivity index (χ1n) is 7.87. The van der Waals surface area contributed by atoms with Crippen LogP contribution >= 0.6 is 0 Å². The Morgan fingerprint density at radius 3 is 2.70 bits per heavy atom. The Bertz CT molecular complexity index is 329. The summed E-state index contributed by atoms with van der Waals surface area (Å²) in [5.74, 6) is 0. The van der Waals surface area contributed by atoms with Crippen LogP contribution in [-0.4, -0.2) is 54.5 Å². The van der Waals surface area contributed by atoms with E-state index < -0.39 is 0 Å². The molecule has 1 amide bonds. The number of amides is 1. The average Bonchev–Trinajstić information content (AvgIpc) is 2.82. The summed E-state index contributed by atoms with van der Waals surface area (Å²) >= 11 is 0. The minimum Gasteiger partial charge on any atom is -0.450 e. The zero-order valence-corrected chi connectivity index (χ0v) is 12.7. The molecule has 2 atom stereocenters. The molecule has 0 aromatic heterocycles. The van der Waals surface area contributed by atoms with Crippen LogP contribution in [0.4, 0.5) is 4.79 Å². The van der Waals surface area contributed by atoms with Crippen LogP contribution in [0.3, 0.4) is 0 Å². The van der Waals surface area contributed by atoms with Gasteiger partial charge >= 0.3 is 6.09 Å². The number of aliphatic hydroxyl groups excluding tert-OH is 1. The summed E-state index contributed by atoms with van der Waals surface area (Å²) in [5, 5.41) is 13.3. The van der Waals surface area contributed by atoms with Crippen LogP contribution in [0.15, 0.2) is 0 Å². The predicted octanol–water partition coefficient (Wildman–Crippen LogP) is 1.75. The molecule has 1 saturated carbocycles. The molecular weight excluding hydrogens is 256 g/mol. The number of likely N-dealkylation sites (tertiary alicyclic amines) is 1. The molecule has 0 radical (unpaired) electrons. The molecule has 0 aromatic carbocycles. The molecule has 20 heavy (non-hydrogen) atoms. The Balaban J connectivity index is 1.78. The highest BCUT2D eigenvalue weighted by atomic mass is 16.6. The van der Waals surface area contributed by atoms with Crippen molar-refractivity contribution >= 4 is 6.09 Å². The number of nitrogens with zero attached hydrogens (tertiary/aromatic N) is 1. The van der Waals surface area contributed by atoms with Gasteiger partial charge in [0.05, 0.1) is 6.61 Å². The van der Waals surface area contributed by atoms with Gasteiger partial charge in [-0.15, -0.1) is 0 Å². The maximum atomic E-state index is 11.6. The van der Waals surface area contributed by atoms with Gasteiger partial charge in [-0.25, -0.2) is 4.79 Å². The third kappa shape index (κ3) is 3.44. The number of carbonyl (C=O) groups excluding carboxylic acids is 1. The third-order valence-electron chi connectivity index (χ3n) is 4.90. The number of rotatable bonds is 4. The fourth-order valence-electron chi connectivity index (χ4n) is 3.43. The van der Waals surface area contributed by atoms with Gasteiger partial charge in [-0.1, -0.05) is 13.3 Å². The van der Waals surface area contributed by atoms with E-state index in [1.165, 1.54) is 6.42 Å². The topological polar surface area (TPSA) is 61.8 Å². The SMILES string of the molecule is CCOC(=O)N1CCC(NC2CCCC2(C)CO)CC1. The molecule has 1 aliphatic heterocycles. The molecule has 2 fully saturated rings.